The predicted octanol–water partition coefficient (Wildman–Crippen LogP) is 3.07. The highest BCUT2D eigenvalue weighted by Crippen LogP contribution is 2.33. The molecule has 0 bridgehead atoms. The normalized spacial score (nSPS) is 10.2. The molecule has 0 aromatic heterocycles. The summed E-state index contributed by atoms with van der Waals surface area (Å²) in [5.74, 6) is 0.175. The predicted molar refractivity (Wildman–Crippen MR) is 59.9 cm³/mol. The maximum atomic E-state index is 9.71. The molecular formula is C13H12O2. The zero-order valence-corrected chi connectivity index (χ0v) is 8.44. The SMILES string of the molecule is Cc1ccccc1-c1ccc(O)cc1O. The minimum Gasteiger partial charge on any atom is -0.508 e. The molecule has 0 aliphatic carbocycles. The van der Waals surface area contributed by atoms with Crippen LogP contribution in [0.15, 0.2) is 42.5 Å². The van der Waals surface area contributed by atoms with Gasteiger partial charge in [-0.3, -0.25) is 0 Å². The smallest absolute Gasteiger partial charge is 0.127 e. The first-order valence-electron chi connectivity index (χ1n) is 4.76. The highest BCUT2D eigenvalue weighted by Gasteiger charge is 2.06. The summed E-state index contributed by atoms with van der Waals surface area (Å²) in [6.07, 6.45) is 0. The van der Waals surface area contributed by atoms with Crippen LogP contribution in [-0.4, -0.2) is 10.2 Å². The third kappa shape index (κ3) is 1.79. The van der Waals surface area contributed by atoms with Gasteiger partial charge in [0.1, 0.15) is 11.5 Å². The molecule has 0 saturated carbocycles. The maximum absolute atomic E-state index is 9.71. The van der Waals surface area contributed by atoms with E-state index in [-0.39, 0.29) is 11.5 Å². The van der Waals surface area contributed by atoms with Crippen LogP contribution >= 0.6 is 0 Å². The summed E-state index contributed by atoms with van der Waals surface area (Å²) in [7, 11) is 0. The molecule has 2 aromatic carbocycles. The van der Waals surface area contributed by atoms with Crippen molar-refractivity contribution in [2.75, 3.05) is 0 Å². The van der Waals surface area contributed by atoms with Crippen LogP contribution in [0.3, 0.4) is 0 Å². The first kappa shape index (κ1) is 9.59. The average molecular weight is 200 g/mol. The molecule has 76 valence electrons. The van der Waals surface area contributed by atoms with E-state index in [2.05, 4.69) is 0 Å². The van der Waals surface area contributed by atoms with Gasteiger partial charge in [-0.15, -0.1) is 0 Å². The van der Waals surface area contributed by atoms with Crippen molar-refractivity contribution in [3.05, 3.63) is 48.0 Å². The Kier molecular flexibility index (Phi) is 2.34. The lowest BCUT2D eigenvalue weighted by atomic mass is 10.00. The van der Waals surface area contributed by atoms with Crippen molar-refractivity contribution < 1.29 is 10.2 Å². The van der Waals surface area contributed by atoms with Gasteiger partial charge < -0.3 is 10.2 Å². The number of benzene rings is 2. The van der Waals surface area contributed by atoms with E-state index in [9.17, 15) is 10.2 Å². The third-order valence-corrected chi connectivity index (χ3v) is 2.42. The zero-order valence-electron chi connectivity index (χ0n) is 8.44. The Morgan fingerprint density at radius 1 is 0.867 bits per heavy atom. The van der Waals surface area contributed by atoms with Crippen molar-refractivity contribution in [2.45, 2.75) is 6.92 Å². The van der Waals surface area contributed by atoms with Crippen LogP contribution < -0.4 is 0 Å². The van der Waals surface area contributed by atoms with Gasteiger partial charge >= 0.3 is 0 Å². The van der Waals surface area contributed by atoms with Gasteiger partial charge in [-0.2, -0.15) is 0 Å². The molecule has 0 spiro atoms. The number of hydrogen-bond acceptors (Lipinski definition) is 2. The van der Waals surface area contributed by atoms with Crippen molar-refractivity contribution in [3.63, 3.8) is 0 Å². The van der Waals surface area contributed by atoms with E-state index in [1.54, 1.807) is 12.1 Å². The number of rotatable bonds is 1. The molecule has 2 nitrogen and oxygen atoms in total. The van der Waals surface area contributed by atoms with E-state index in [1.165, 1.54) is 6.07 Å². The Balaban J connectivity index is 2.60. The van der Waals surface area contributed by atoms with E-state index in [4.69, 9.17) is 0 Å². The van der Waals surface area contributed by atoms with Crippen LogP contribution in [0.2, 0.25) is 0 Å². The van der Waals surface area contributed by atoms with E-state index >= 15 is 0 Å². The minimum atomic E-state index is 0.0739. The van der Waals surface area contributed by atoms with Crippen molar-refractivity contribution in [2.24, 2.45) is 0 Å². The molecule has 2 aromatic rings. The number of phenols is 2. The molecule has 0 aliphatic rings. The Morgan fingerprint density at radius 2 is 1.60 bits per heavy atom. The lowest BCUT2D eigenvalue weighted by Crippen LogP contribution is -1.83. The van der Waals surface area contributed by atoms with Gasteiger partial charge in [0, 0.05) is 11.6 Å². The summed E-state index contributed by atoms with van der Waals surface area (Å²) >= 11 is 0. The molecule has 0 amide bonds. The number of aryl methyl sites for hydroxylation is 1. The largest absolute Gasteiger partial charge is 0.508 e. The van der Waals surface area contributed by atoms with E-state index < -0.39 is 0 Å². The molecule has 0 radical (unpaired) electrons. The molecular weight excluding hydrogens is 188 g/mol. The summed E-state index contributed by atoms with van der Waals surface area (Å²) < 4.78 is 0. The number of phenolic OH excluding ortho intramolecular Hbond substituents is 2. The average Bonchev–Trinajstić information content (AvgIpc) is 2.20. The maximum Gasteiger partial charge on any atom is 0.127 e. The van der Waals surface area contributed by atoms with Gasteiger partial charge in [0.15, 0.2) is 0 Å². The third-order valence-electron chi connectivity index (χ3n) is 2.42. The number of hydrogen-bond donors (Lipinski definition) is 2. The highest BCUT2D eigenvalue weighted by molar-refractivity contribution is 5.73. The fraction of sp³-hybridized carbons (Fsp3) is 0.0769. The first-order chi connectivity index (χ1) is 7.18. The highest BCUT2D eigenvalue weighted by atomic mass is 16.3. The molecule has 0 atom stereocenters. The van der Waals surface area contributed by atoms with Crippen LogP contribution in [0, 0.1) is 6.92 Å². The monoisotopic (exact) mass is 200 g/mol. The van der Waals surface area contributed by atoms with E-state index in [0.29, 0.717) is 0 Å². The minimum absolute atomic E-state index is 0.0739. The lowest BCUT2D eigenvalue weighted by Gasteiger charge is -2.07. The van der Waals surface area contributed by atoms with Crippen LogP contribution in [0.4, 0.5) is 0 Å². The van der Waals surface area contributed by atoms with Crippen LogP contribution in [-0.2, 0) is 0 Å². The van der Waals surface area contributed by atoms with Crippen LogP contribution in [0.25, 0.3) is 11.1 Å². The standard InChI is InChI=1S/C13H12O2/c1-9-4-2-3-5-11(9)12-7-6-10(14)8-13(12)15/h2-8,14-15H,1H3. The second-order valence-electron chi connectivity index (χ2n) is 3.52. The topological polar surface area (TPSA) is 40.5 Å². The summed E-state index contributed by atoms with van der Waals surface area (Å²) in [5, 5.41) is 18.9. The van der Waals surface area contributed by atoms with E-state index in [1.807, 2.05) is 31.2 Å². The molecule has 0 saturated heterocycles. The lowest BCUT2D eigenvalue weighted by molar-refractivity contribution is 0.452. The molecule has 0 aliphatic heterocycles. The van der Waals surface area contributed by atoms with Crippen LogP contribution in [0.5, 0.6) is 11.5 Å². The molecule has 2 N–H and O–H groups in total. The molecule has 2 heteroatoms. The Hall–Kier alpha value is -1.96. The summed E-state index contributed by atoms with van der Waals surface area (Å²) in [6, 6.07) is 12.4. The van der Waals surface area contributed by atoms with Gasteiger partial charge in [0.2, 0.25) is 0 Å². The van der Waals surface area contributed by atoms with Gasteiger partial charge in [0.05, 0.1) is 0 Å². The van der Waals surface area contributed by atoms with Gasteiger partial charge in [-0.1, -0.05) is 24.3 Å². The van der Waals surface area contributed by atoms with Crippen molar-refractivity contribution >= 4 is 0 Å². The second kappa shape index (κ2) is 3.65. The summed E-state index contributed by atoms with van der Waals surface area (Å²) in [4.78, 5) is 0. The molecule has 0 heterocycles. The quantitative estimate of drug-likeness (QED) is 0.742. The van der Waals surface area contributed by atoms with Gasteiger partial charge in [-0.25, -0.2) is 0 Å². The van der Waals surface area contributed by atoms with Crippen molar-refractivity contribution in [1.82, 2.24) is 0 Å². The second-order valence-corrected chi connectivity index (χ2v) is 3.52. The zero-order chi connectivity index (χ0) is 10.8. The molecule has 0 fully saturated rings. The summed E-state index contributed by atoms with van der Waals surface area (Å²) in [5.41, 5.74) is 2.82. The van der Waals surface area contributed by atoms with Crippen LogP contribution in [0.1, 0.15) is 5.56 Å². The summed E-state index contributed by atoms with van der Waals surface area (Å²) in [6.45, 7) is 1.99. The van der Waals surface area contributed by atoms with Gasteiger partial charge in [-0.05, 0) is 30.2 Å². The van der Waals surface area contributed by atoms with Crippen molar-refractivity contribution in [3.8, 4) is 22.6 Å². The molecule has 15 heavy (non-hydrogen) atoms. The number of aromatic hydroxyl groups is 2. The Morgan fingerprint density at radius 3 is 2.27 bits per heavy atom. The van der Waals surface area contributed by atoms with Crippen molar-refractivity contribution in [1.29, 1.82) is 0 Å². The van der Waals surface area contributed by atoms with Gasteiger partial charge in [0.25, 0.3) is 0 Å². The Bertz CT molecular complexity index is 490. The molecule has 0 unspecified atom stereocenters. The molecule has 2 rings (SSSR count). The Labute approximate surface area is 88.4 Å². The first-order valence-corrected chi connectivity index (χ1v) is 4.76. The fourth-order valence-electron chi connectivity index (χ4n) is 1.62. The fourth-order valence-corrected chi connectivity index (χ4v) is 1.62. The van der Waals surface area contributed by atoms with E-state index in [0.717, 1.165) is 16.7 Å².